The minimum absolute atomic E-state index is 0.255. The molecule has 0 amide bonds. The van der Waals surface area contributed by atoms with Crippen molar-refractivity contribution in [3.05, 3.63) is 41.6 Å². The molecule has 1 unspecified atom stereocenters. The molecular weight excluding hydrogens is 350 g/mol. The second-order valence-corrected chi connectivity index (χ2v) is 7.72. The summed E-state index contributed by atoms with van der Waals surface area (Å²) in [5.41, 5.74) is 2.70. The molecule has 0 aliphatic heterocycles. The molecule has 2 aromatic heterocycles. The molecule has 0 saturated heterocycles. The van der Waals surface area contributed by atoms with E-state index in [2.05, 4.69) is 51.9 Å². The molecule has 0 spiro atoms. The van der Waals surface area contributed by atoms with Gasteiger partial charge in [-0.1, -0.05) is 18.5 Å². The molecule has 2 rings (SSSR count). The van der Waals surface area contributed by atoms with E-state index in [0.29, 0.717) is 0 Å². The van der Waals surface area contributed by atoms with Gasteiger partial charge in [0.1, 0.15) is 0 Å². The van der Waals surface area contributed by atoms with Crippen LogP contribution in [0.3, 0.4) is 0 Å². The quantitative estimate of drug-likeness (QED) is 0.725. The van der Waals surface area contributed by atoms with Gasteiger partial charge in [-0.15, -0.1) is 11.3 Å². The monoisotopic (exact) mass is 363 g/mol. The van der Waals surface area contributed by atoms with Crippen molar-refractivity contribution in [2.45, 2.75) is 26.3 Å². The summed E-state index contributed by atoms with van der Waals surface area (Å²) >= 11 is 13.1. The van der Waals surface area contributed by atoms with Crippen LogP contribution in [0.15, 0.2) is 20.6 Å². The number of hydrogen-bond acceptors (Lipinski definition) is 3. The van der Waals surface area contributed by atoms with Crippen LogP contribution in [0.25, 0.3) is 0 Å². The molecule has 0 aliphatic rings. The highest BCUT2D eigenvalue weighted by atomic mass is 79.9. The Kier molecular flexibility index (Phi) is 5.27. The fourth-order valence-electron chi connectivity index (χ4n) is 1.82. The Bertz CT molecular complexity index is 501. The summed E-state index contributed by atoms with van der Waals surface area (Å²) in [5, 5.41) is 8.83. The SMILES string of the molecule is CCCNC(c1cc(Cl)c(Br)s1)c1cscc1C. The Morgan fingerprint density at radius 1 is 1.44 bits per heavy atom. The number of nitrogens with one attached hydrogen (secondary N) is 1. The maximum absolute atomic E-state index is 6.15. The summed E-state index contributed by atoms with van der Waals surface area (Å²) in [6, 6.07) is 2.31. The molecule has 0 fully saturated rings. The van der Waals surface area contributed by atoms with E-state index >= 15 is 0 Å². The van der Waals surface area contributed by atoms with Crippen molar-refractivity contribution in [2.24, 2.45) is 0 Å². The van der Waals surface area contributed by atoms with E-state index in [4.69, 9.17) is 11.6 Å². The minimum Gasteiger partial charge on any atom is -0.306 e. The lowest BCUT2D eigenvalue weighted by atomic mass is 10.1. The van der Waals surface area contributed by atoms with Crippen molar-refractivity contribution in [2.75, 3.05) is 6.54 Å². The lowest BCUT2D eigenvalue weighted by Gasteiger charge is -2.17. The summed E-state index contributed by atoms with van der Waals surface area (Å²) in [4.78, 5) is 1.27. The molecule has 2 heterocycles. The average Bonchev–Trinajstić information content (AvgIpc) is 2.88. The van der Waals surface area contributed by atoms with E-state index in [1.165, 1.54) is 16.0 Å². The fourth-order valence-corrected chi connectivity index (χ4v) is 4.54. The van der Waals surface area contributed by atoms with Gasteiger partial charge in [0.25, 0.3) is 0 Å². The first-order valence-electron chi connectivity index (χ1n) is 5.84. The van der Waals surface area contributed by atoms with Crippen molar-refractivity contribution in [1.82, 2.24) is 5.32 Å². The van der Waals surface area contributed by atoms with Crippen molar-refractivity contribution in [1.29, 1.82) is 0 Å². The van der Waals surface area contributed by atoms with Crippen molar-refractivity contribution in [3.63, 3.8) is 0 Å². The first-order valence-corrected chi connectivity index (χ1v) is 8.77. The molecule has 98 valence electrons. The molecule has 0 radical (unpaired) electrons. The molecule has 1 nitrogen and oxygen atoms in total. The van der Waals surface area contributed by atoms with E-state index in [1.807, 2.05) is 0 Å². The lowest BCUT2D eigenvalue weighted by molar-refractivity contribution is 0.605. The van der Waals surface area contributed by atoms with E-state index in [0.717, 1.165) is 21.8 Å². The van der Waals surface area contributed by atoms with Gasteiger partial charge < -0.3 is 5.32 Å². The van der Waals surface area contributed by atoms with E-state index in [9.17, 15) is 0 Å². The van der Waals surface area contributed by atoms with Crippen molar-refractivity contribution < 1.29 is 0 Å². The van der Waals surface area contributed by atoms with Crippen LogP contribution in [0.4, 0.5) is 0 Å². The van der Waals surface area contributed by atoms with Crippen molar-refractivity contribution in [3.8, 4) is 0 Å². The lowest BCUT2D eigenvalue weighted by Crippen LogP contribution is -2.22. The van der Waals surface area contributed by atoms with Gasteiger partial charge in [0.05, 0.1) is 14.9 Å². The third-order valence-electron chi connectivity index (χ3n) is 2.75. The number of aryl methyl sites for hydroxylation is 1. The highest BCUT2D eigenvalue weighted by molar-refractivity contribution is 9.11. The minimum atomic E-state index is 0.255. The number of thiophene rings is 2. The first-order chi connectivity index (χ1) is 8.63. The predicted octanol–water partition coefficient (Wildman–Crippen LogP) is 5.62. The Labute approximate surface area is 129 Å². The summed E-state index contributed by atoms with van der Waals surface area (Å²) in [6.07, 6.45) is 1.12. The fraction of sp³-hybridized carbons (Fsp3) is 0.385. The molecule has 0 aromatic carbocycles. The third-order valence-corrected chi connectivity index (χ3v) is 6.17. The van der Waals surface area contributed by atoms with Crippen LogP contribution in [0.5, 0.6) is 0 Å². The maximum atomic E-state index is 6.15. The van der Waals surface area contributed by atoms with E-state index < -0.39 is 0 Å². The van der Waals surface area contributed by atoms with Gasteiger partial charge in [-0.05, 0) is 63.8 Å². The topological polar surface area (TPSA) is 12.0 Å². The zero-order chi connectivity index (χ0) is 13.1. The second-order valence-electron chi connectivity index (χ2n) is 4.17. The third kappa shape index (κ3) is 3.17. The van der Waals surface area contributed by atoms with E-state index in [-0.39, 0.29) is 6.04 Å². The Hall–Kier alpha value is 0.130. The Balaban J connectivity index is 2.33. The number of rotatable bonds is 5. The second kappa shape index (κ2) is 6.53. The zero-order valence-electron chi connectivity index (χ0n) is 10.3. The first kappa shape index (κ1) is 14.5. The molecule has 0 aliphatic carbocycles. The molecule has 0 saturated carbocycles. The summed E-state index contributed by atoms with van der Waals surface area (Å²) in [6.45, 7) is 5.35. The summed E-state index contributed by atoms with van der Waals surface area (Å²) < 4.78 is 1.01. The van der Waals surface area contributed by atoms with Crippen LogP contribution in [-0.4, -0.2) is 6.54 Å². The molecule has 1 atom stereocenters. The van der Waals surface area contributed by atoms with Gasteiger partial charge in [-0.3, -0.25) is 0 Å². The van der Waals surface area contributed by atoms with Crippen molar-refractivity contribution >= 4 is 50.2 Å². The predicted molar refractivity (Wildman–Crippen MR) is 86.2 cm³/mol. The number of halogens is 2. The number of hydrogen-bond donors (Lipinski definition) is 1. The Morgan fingerprint density at radius 3 is 2.72 bits per heavy atom. The van der Waals surface area contributed by atoms with Gasteiger partial charge in [-0.2, -0.15) is 11.3 Å². The summed E-state index contributed by atoms with van der Waals surface area (Å²) in [7, 11) is 0. The summed E-state index contributed by atoms with van der Waals surface area (Å²) in [5.74, 6) is 0. The normalized spacial score (nSPS) is 12.9. The van der Waals surface area contributed by atoms with Gasteiger partial charge in [0, 0.05) is 4.88 Å². The van der Waals surface area contributed by atoms with Gasteiger partial charge in [0.15, 0.2) is 0 Å². The van der Waals surface area contributed by atoms with Gasteiger partial charge in [-0.25, -0.2) is 0 Å². The molecule has 1 N–H and O–H groups in total. The molecule has 18 heavy (non-hydrogen) atoms. The van der Waals surface area contributed by atoms with Gasteiger partial charge in [0.2, 0.25) is 0 Å². The van der Waals surface area contributed by atoms with Crippen LogP contribution < -0.4 is 5.32 Å². The van der Waals surface area contributed by atoms with Crippen LogP contribution in [-0.2, 0) is 0 Å². The zero-order valence-corrected chi connectivity index (χ0v) is 14.3. The van der Waals surface area contributed by atoms with Crippen LogP contribution in [0, 0.1) is 6.92 Å². The smallest absolute Gasteiger partial charge is 0.0888 e. The van der Waals surface area contributed by atoms with Gasteiger partial charge >= 0.3 is 0 Å². The molecule has 2 aromatic rings. The van der Waals surface area contributed by atoms with Crippen LogP contribution in [0.1, 0.15) is 35.4 Å². The van der Waals surface area contributed by atoms with Crippen LogP contribution in [0.2, 0.25) is 5.02 Å². The van der Waals surface area contributed by atoms with E-state index in [1.54, 1.807) is 22.7 Å². The molecule has 5 heteroatoms. The van der Waals surface area contributed by atoms with Crippen LogP contribution >= 0.6 is 50.2 Å². The Morgan fingerprint density at radius 2 is 2.22 bits per heavy atom. The largest absolute Gasteiger partial charge is 0.306 e. The standard InChI is InChI=1S/C13H15BrClNS2/c1-3-4-16-12(9-7-17-6-8(9)2)11-5-10(15)13(14)18-11/h5-7,12,16H,3-4H2,1-2H3. The average molecular weight is 365 g/mol. The molecular formula is C13H15BrClNS2. The highest BCUT2D eigenvalue weighted by Gasteiger charge is 2.19. The maximum Gasteiger partial charge on any atom is 0.0888 e. The molecule has 0 bridgehead atoms. The highest BCUT2D eigenvalue weighted by Crippen LogP contribution is 2.38.